The van der Waals surface area contributed by atoms with Crippen molar-refractivity contribution in [3.05, 3.63) is 0 Å². The Hall–Kier alpha value is 0.270. The molecule has 0 fully saturated rings. The third kappa shape index (κ3) is 6.66. The summed E-state index contributed by atoms with van der Waals surface area (Å²) in [5.41, 5.74) is -0.410. The fourth-order valence-electron chi connectivity index (χ4n) is 0.343. The summed E-state index contributed by atoms with van der Waals surface area (Å²) < 4.78 is 4.75. The molecular formula is C6H16O4P+. The van der Waals surface area contributed by atoms with E-state index in [0.29, 0.717) is 0 Å². The van der Waals surface area contributed by atoms with Gasteiger partial charge < -0.3 is 5.11 Å². The Kier molecular flexibility index (Phi) is 3.88. The van der Waals surface area contributed by atoms with E-state index in [9.17, 15) is 0 Å². The summed E-state index contributed by atoms with van der Waals surface area (Å²) in [7, 11) is -3.14. The van der Waals surface area contributed by atoms with E-state index in [-0.39, 0.29) is 13.2 Å². The molecule has 11 heavy (non-hydrogen) atoms. The first-order valence-corrected chi connectivity index (χ1v) is 5.40. The Bertz CT molecular complexity index is 118. The number of aliphatic hydroxyl groups is 1. The van der Waals surface area contributed by atoms with Crippen LogP contribution in [0.3, 0.4) is 0 Å². The first-order chi connectivity index (χ1) is 4.77. The fraction of sp³-hybridized carbons (Fsp3) is 1.00. The highest BCUT2D eigenvalue weighted by atomic mass is 31.2. The van der Waals surface area contributed by atoms with Gasteiger partial charge in [-0.1, -0.05) is 13.8 Å². The Balaban J connectivity index is 3.70. The quantitative estimate of drug-likeness (QED) is 0.552. The van der Waals surface area contributed by atoms with Crippen LogP contribution in [-0.4, -0.2) is 34.8 Å². The molecule has 0 aliphatic carbocycles. The lowest BCUT2D eigenvalue weighted by atomic mass is 9.97. The normalized spacial score (nSPS) is 13.6. The molecule has 0 saturated heterocycles. The van der Waals surface area contributed by atoms with E-state index in [4.69, 9.17) is 19.4 Å². The molecule has 0 radical (unpaired) electrons. The van der Waals surface area contributed by atoms with Gasteiger partial charge in [0.25, 0.3) is 0 Å². The van der Waals surface area contributed by atoms with Crippen molar-refractivity contribution in [2.24, 2.45) is 5.41 Å². The molecule has 5 heteroatoms. The number of aliphatic hydroxyl groups excluding tert-OH is 1. The van der Waals surface area contributed by atoms with E-state index < -0.39 is 13.4 Å². The van der Waals surface area contributed by atoms with Crippen molar-refractivity contribution in [1.29, 1.82) is 0 Å². The van der Waals surface area contributed by atoms with Crippen LogP contribution in [0.15, 0.2) is 0 Å². The highest BCUT2D eigenvalue weighted by Crippen LogP contribution is 2.47. The zero-order valence-electron chi connectivity index (χ0n) is 7.11. The van der Waals surface area contributed by atoms with Crippen LogP contribution >= 0.6 is 7.94 Å². The van der Waals surface area contributed by atoms with Crippen molar-refractivity contribution >= 4 is 7.94 Å². The van der Waals surface area contributed by atoms with Gasteiger partial charge >= 0.3 is 7.94 Å². The van der Waals surface area contributed by atoms with E-state index in [1.807, 2.05) is 0 Å². The average Bonchev–Trinajstić information content (AvgIpc) is 1.83. The molecule has 0 atom stereocenters. The molecule has 0 rings (SSSR count). The molecule has 0 unspecified atom stereocenters. The maximum Gasteiger partial charge on any atom is 0.403 e. The van der Waals surface area contributed by atoms with Crippen LogP contribution in [0, 0.1) is 5.41 Å². The number of hydrogen-bond donors (Lipinski definition) is 3. The standard InChI is InChI=1S/C6H16O4P/c1-6(2,4-7)5-10-11(3,8)9/h7-9H,4-5H2,1-3H3/q+1. The first kappa shape index (κ1) is 11.3. The summed E-state index contributed by atoms with van der Waals surface area (Å²) in [5.74, 6) is 0. The molecule has 0 spiro atoms. The third-order valence-electron chi connectivity index (χ3n) is 1.13. The van der Waals surface area contributed by atoms with Gasteiger partial charge in [0.15, 0.2) is 0 Å². The van der Waals surface area contributed by atoms with Gasteiger partial charge in [0.2, 0.25) is 0 Å². The summed E-state index contributed by atoms with van der Waals surface area (Å²) in [6, 6.07) is 0. The average molecular weight is 183 g/mol. The molecular weight excluding hydrogens is 167 g/mol. The lowest BCUT2D eigenvalue weighted by Crippen LogP contribution is -2.23. The van der Waals surface area contributed by atoms with Crippen LogP contribution in [0.4, 0.5) is 0 Å². The maximum absolute atomic E-state index is 8.84. The predicted octanol–water partition coefficient (Wildman–Crippen LogP) is 0.398. The second-order valence-electron chi connectivity index (χ2n) is 3.43. The van der Waals surface area contributed by atoms with Gasteiger partial charge in [0.05, 0.1) is 6.61 Å². The monoisotopic (exact) mass is 183 g/mol. The molecule has 4 nitrogen and oxygen atoms in total. The van der Waals surface area contributed by atoms with Crippen LogP contribution < -0.4 is 0 Å². The number of rotatable bonds is 4. The van der Waals surface area contributed by atoms with E-state index in [1.165, 1.54) is 6.66 Å². The minimum Gasteiger partial charge on any atom is -0.396 e. The van der Waals surface area contributed by atoms with E-state index >= 15 is 0 Å². The maximum atomic E-state index is 8.84. The van der Waals surface area contributed by atoms with Gasteiger partial charge in [-0.15, -0.1) is 0 Å². The fourth-order valence-corrected chi connectivity index (χ4v) is 0.937. The Morgan fingerprint density at radius 2 is 1.82 bits per heavy atom. The lowest BCUT2D eigenvalue weighted by molar-refractivity contribution is 0.0848. The minimum atomic E-state index is -3.14. The second kappa shape index (κ2) is 3.78. The van der Waals surface area contributed by atoms with E-state index in [1.54, 1.807) is 13.8 Å². The highest BCUT2D eigenvalue weighted by Gasteiger charge is 2.31. The van der Waals surface area contributed by atoms with Crippen molar-refractivity contribution in [2.45, 2.75) is 13.8 Å². The summed E-state index contributed by atoms with van der Waals surface area (Å²) >= 11 is 0. The van der Waals surface area contributed by atoms with Gasteiger partial charge in [-0.3, -0.25) is 0 Å². The van der Waals surface area contributed by atoms with Gasteiger partial charge in [-0.05, 0) is 0 Å². The molecule has 0 heterocycles. The topological polar surface area (TPSA) is 69.9 Å². The van der Waals surface area contributed by atoms with Crippen molar-refractivity contribution in [2.75, 3.05) is 19.9 Å². The van der Waals surface area contributed by atoms with Crippen LogP contribution in [0.25, 0.3) is 0 Å². The molecule has 0 bridgehead atoms. The van der Waals surface area contributed by atoms with Gasteiger partial charge in [0.1, 0.15) is 13.3 Å². The van der Waals surface area contributed by atoms with Crippen LogP contribution in [0.2, 0.25) is 0 Å². The van der Waals surface area contributed by atoms with E-state index in [0.717, 1.165) is 0 Å². The summed E-state index contributed by atoms with van der Waals surface area (Å²) in [6.07, 6.45) is 0. The molecule has 0 amide bonds. The molecule has 0 aromatic heterocycles. The van der Waals surface area contributed by atoms with Gasteiger partial charge in [-0.2, -0.15) is 14.3 Å². The smallest absolute Gasteiger partial charge is 0.396 e. The zero-order valence-corrected chi connectivity index (χ0v) is 8.01. The summed E-state index contributed by atoms with van der Waals surface area (Å²) in [4.78, 5) is 17.7. The third-order valence-corrected chi connectivity index (χ3v) is 1.75. The van der Waals surface area contributed by atoms with Gasteiger partial charge in [0, 0.05) is 5.41 Å². The van der Waals surface area contributed by atoms with Crippen molar-refractivity contribution < 1.29 is 19.4 Å². The Morgan fingerprint density at radius 1 is 1.36 bits per heavy atom. The van der Waals surface area contributed by atoms with E-state index in [2.05, 4.69) is 0 Å². The van der Waals surface area contributed by atoms with Crippen molar-refractivity contribution in [1.82, 2.24) is 0 Å². The van der Waals surface area contributed by atoms with Crippen LogP contribution in [0.5, 0.6) is 0 Å². The molecule has 3 N–H and O–H groups in total. The lowest BCUT2D eigenvalue weighted by Gasteiger charge is -2.20. The Morgan fingerprint density at radius 3 is 2.09 bits per heavy atom. The molecule has 68 valence electrons. The molecule has 0 aliphatic rings. The van der Waals surface area contributed by atoms with Crippen molar-refractivity contribution in [3.8, 4) is 0 Å². The predicted molar refractivity (Wildman–Crippen MR) is 44.1 cm³/mol. The Labute approximate surface area is 67.4 Å². The van der Waals surface area contributed by atoms with Crippen LogP contribution in [0.1, 0.15) is 13.8 Å². The molecule has 0 aromatic carbocycles. The SMILES string of the molecule is CC(C)(CO)CO[P+](C)(O)O. The summed E-state index contributed by atoms with van der Waals surface area (Å²) in [6.45, 7) is 4.92. The molecule has 0 aromatic rings. The molecule has 0 saturated carbocycles. The first-order valence-electron chi connectivity index (χ1n) is 3.34. The second-order valence-corrected chi connectivity index (χ2v) is 5.36. The van der Waals surface area contributed by atoms with Crippen LogP contribution in [-0.2, 0) is 4.52 Å². The van der Waals surface area contributed by atoms with Gasteiger partial charge in [-0.25, -0.2) is 0 Å². The summed E-state index contributed by atoms with van der Waals surface area (Å²) in [5, 5.41) is 8.76. The zero-order chi connectivity index (χ0) is 9.12. The minimum absolute atomic E-state index is 0.0347. The number of hydrogen-bond acceptors (Lipinski definition) is 4. The molecule has 0 aliphatic heterocycles. The van der Waals surface area contributed by atoms with Crippen molar-refractivity contribution in [3.63, 3.8) is 0 Å². The highest BCUT2D eigenvalue weighted by molar-refractivity contribution is 7.58. The largest absolute Gasteiger partial charge is 0.403 e.